The van der Waals surface area contributed by atoms with E-state index < -0.39 is 0 Å². The molecule has 0 aromatic rings. The minimum absolute atomic E-state index is 0.108. The maximum Gasteiger partial charge on any atom is 0.0543 e. The van der Waals surface area contributed by atoms with Gasteiger partial charge in [0.25, 0.3) is 0 Å². The maximum absolute atomic E-state index is 9.95. The fourth-order valence-electron chi connectivity index (χ4n) is 3.09. The Morgan fingerprint density at radius 1 is 1.19 bits per heavy atom. The minimum atomic E-state index is -0.108. The van der Waals surface area contributed by atoms with Crippen LogP contribution in [0.15, 0.2) is 0 Å². The van der Waals surface area contributed by atoms with Crippen LogP contribution < -0.4 is 0 Å². The van der Waals surface area contributed by atoms with Crippen molar-refractivity contribution in [3.8, 4) is 0 Å². The van der Waals surface area contributed by atoms with E-state index in [4.69, 9.17) is 0 Å². The predicted octanol–water partition coefficient (Wildman–Crippen LogP) is 4.25. The first-order valence-electron chi connectivity index (χ1n) is 7.24. The van der Waals surface area contributed by atoms with Crippen molar-refractivity contribution in [2.24, 2.45) is 23.7 Å². The minimum Gasteiger partial charge on any atom is -0.393 e. The summed E-state index contributed by atoms with van der Waals surface area (Å²) < 4.78 is 0. The lowest BCUT2D eigenvalue weighted by Crippen LogP contribution is -2.33. The van der Waals surface area contributed by atoms with Crippen LogP contribution in [0.1, 0.15) is 66.2 Å². The topological polar surface area (TPSA) is 20.2 Å². The van der Waals surface area contributed by atoms with Gasteiger partial charge in [0, 0.05) is 0 Å². The standard InChI is InChI=1S/C15H30O/c1-5-7-14(11(2)3)10-15(12(4)16)13-8-6-9-13/h11-16H,5-10H2,1-4H3. The molecule has 0 aliphatic heterocycles. The van der Waals surface area contributed by atoms with Gasteiger partial charge in [-0.25, -0.2) is 0 Å². The third-order valence-corrected chi connectivity index (χ3v) is 4.55. The van der Waals surface area contributed by atoms with Crippen LogP contribution in [0.2, 0.25) is 0 Å². The van der Waals surface area contributed by atoms with Crippen molar-refractivity contribution in [3.05, 3.63) is 0 Å². The highest BCUT2D eigenvalue weighted by Crippen LogP contribution is 2.40. The smallest absolute Gasteiger partial charge is 0.0543 e. The van der Waals surface area contributed by atoms with E-state index in [0.717, 1.165) is 17.8 Å². The average Bonchev–Trinajstić information content (AvgIpc) is 2.12. The first-order chi connectivity index (χ1) is 7.56. The zero-order chi connectivity index (χ0) is 12.1. The quantitative estimate of drug-likeness (QED) is 0.688. The second kappa shape index (κ2) is 6.64. The molecule has 0 bridgehead atoms. The number of aliphatic hydroxyl groups is 1. The molecule has 1 aliphatic carbocycles. The Labute approximate surface area is 102 Å². The maximum atomic E-state index is 9.95. The SMILES string of the molecule is CCCC(CC(C(C)O)C1CCC1)C(C)C. The first-order valence-corrected chi connectivity index (χ1v) is 7.24. The molecule has 0 radical (unpaired) electrons. The van der Waals surface area contributed by atoms with Gasteiger partial charge in [-0.1, -0.05) is 52.9 Å². The van der Waals surface area contributed by atoms with Gasteiger partial charge in [0.2, 0.25) is 0 Å². The number of hydrogen-bond donors (Lipinski definition) is 1. The van der Waals surface area contributed by atoms with Crippen LogP contribution in [0, 0.1) is 23.7 Å². The van der Waals surface area contributed by atoms with Gasteiger partial charge < -0.3 is 5.11 Å². The van der Waals surface area contributed by atoms with Gasteiger partial charge in [0.15, 0.2) is 0 Å². The monoisotopic (exact) mass is 226 g/mol. The summed E-state index contributed by atoms with van der Waals surface area (Å²) in [7, 11) is 0. The van der Waals surface area contributed by atoms with Crippen molar-refractivity contribution in [1.82, 2.24) is 0 Å². The number of rotatable bonds is 7. The lowest BCUT2D eigenvalue weighted by molar-refractivity contribution is 0.0336. The van der Waals surface area contributed by atoms with Crippen LogP contribution in [0.25, 0.3) is 0 Å². The lowest BCUT2D eigenvalue weighted by Gasteiger charge is -2.38. The van der Waals surface area contributed by atoms with E-state index in [2.05, 4.69) is 20.8 Å². The second-order valence-electron chi connectivity index (χ2n) is 6.12. The molecular weight excluding hydrogens is 196 g/mol. The predicted molar refractivity (Wildman–Crippen MR) is 70.4 cm³/mol. The van der Waals surface area contributed by atoms with Gasteiger partial charge >= 0.3 is 0 Å². The van der Waals surface area contributed by atoms with E-state index in [1.807, 2.05) is 6.92 Å². The van der Waals surface area contributed by atoms with Crippen LogP contribution in [0.4, 0.5) is 0 Å². The molecule has 1 fully saturated rings. The van der Waals surface area contributed by atoms with Crippen molar-refractivity contribution in [3.63, 3.8) is 0 Å². The summed E-state index contributed by atoms with van der Waals surface area (Å²) in [6.07, 6.45) is 7.83. The third-order valence-electron chi connectivity index (χ3n) is 4.55. The molecule has 0 saturated heterocycles. The van der Waals surface area contributed by atoms with Crippen molar-refractivity contribution in [2.75, 3.05) is 0 Å². The number of hydrogen-bond acceptors (Lipinski definition) is 1. The molecule has 96 valence electrons. The molecule has 1 rings (SSSR count). The van der Waals surface area contributed by atoms with Gasteiger partial charge in [-0.05, 0) is 37.0 Å². The van der Waals surface area contributed by atoms with E-state index in [-0.39, 0.29) is 6.10 Å². The molecular formula is C15H30O. The molecule has 0 aromatic heterocycles. The van der Waals surface area contributed by atoms with Crippen molar-refractivity contribution >= 4 is 0 Å². The Hall–Kier alpha value is -0.0400. The Morgan fingerprint density at radius 2 is 1.81 bits per heavy atom. The highest BCUT2D eigenvalue weighted by Gasteiger charge is 2.32. The summed E-state index contributed by atoms with van der Waals surface area (Å²) >= 11 is 0. The van der Waals surface area contributed by atoms with Crippen molar-refractivity contribution < 1.29 is 5.11 Å². The van der Waals surface area contributed by atoms with E-state index in [9.17, 15) is 5.11 Å². The highest BCUT2D eigenvalue weighted by molar-refractivity contribution is 4.83. The van der Waals surface area contributed by atoms with Crippen LogP contribution >= 0.6 is 0 Å². The Kier molecular flexibility index (Phi) is 5.82. The van der Waals surface area contributed by atoms with Crippen LogP contribution in [-0.4, -0.2) is 11.2 Å². The third kappa shape index (κ3) is 3.76. The van der Waals surface area contributed by atoms with Crippen molar-refractivity contribution in [2.45, 2.75) is 72.3 Å². The van der Waals surface area contributed by atoms with E-state index >= 15 is 0 Å². The molecule has 1 saturated carbocycles. The molecule has 0 spiro atoms. The molecule has 1 aliphatic rings. The molecule has 0 aromatic carbocycles. The summed E-state index contributed by atoms with van der Waals surface area (Å²) in [5, 5.41) is 9.95. The van der Waals surface area contributed by atoms with Gasteiger partial charge in [-0.15, -0.1) is 0 Å². The zero-order valence-electron chi connectivity index (χ0n) is 11.6. The Morgan fingerprint density at radius 3 is 2.12 bits per heavy atom. The molecule has 3 unspecified atom stereocenters. The molecule has 16 heavy (non-hydrogen) atoms. The van der Waals surface area contributed by atoms with Gasteiger partial charge in [0.1, 0.15) is 0 Å². The fraction of sp³-hybridized carbons (Fsp3) is 1.00. The average molecular weight is 226 g/mol. The Balaban J connectivity index is 2.50. The molecule has 1 N–H and O–H groups in total. The molecule has 1 heteroatoms. The normalized spacial score (nSPS) is 22.9. The summed E-state index contributed by atoms with van der Waals surface area (Å²) in [5.74, 6) is 2.96. The van der Waals surface area contributed by atoms with E-state index in [1.54, 1.807) is 0 Å². The molecule has 1 nitrogen and oxygen atoms in total. The van der Waals surface area contributed by atoms with Crippen LogP contribution in [0.5, 0.6) is 0 Å². The lowest BCUT2D eigenvalue weighted by atomic mass is 9.69. The Bertz CT molecular complexity index is 182. The van der Waals surface area contributed by atoms with E-state index in [1.165, 1.54) is 38.5 Å². The molecule has 0 heterocycles. The van der Waals surface area contributed by atoms with Crippen molar-refractivity contribution in [1.29, 1.82) is 0 Å². The second-order valence-corrected chi connectivity index (χ2v) is 6.12. The largest absolute Gasteiger partial charge is 0.393 e. The molecule has 0 amide bonds. The highest BCUT2D eigenvalue weighted by atomic mass is 16.3. The van der Waals surface area contributed by atoms with Crippen LogP contribution in [-0.2, 0) is 0 Å². The molecule has 3 atom stereocenters. The fourth-order valence-corrected chi connectivity index (χ4v) is 3.09. The van der Waals surface area contributed by atoms with Gasteiger partial charge in [0.05, 0.1) is 6.10 Å². The first kappa shape index (κ1) is 14.0. The summed E-state index contributed by atoms with van der Waals surface area (Å²) in [5.41, 5.74) is 0. The summed E-state index contributed by atoms with van der Waals surface area (Å²) in [4.78, 5) is 0. The van der Waals surface area contributed by atoms with Gasteiger partial charge in [-0.3, -0.25) is 0 Å². The van der Waals surface area contributed by atoms with Crippen LogP contribution in [0.3, 0.4) is 0 Å². The van der Waals surface area contributed by atoms with E-state index in [0.29, 0.717) is 5.92 Å². The van der Waals surface area contributed by atoms with Gasteiger partial charge in [-0.2, -0.15) is 0 Å². The summed E-state index contributed by atoms with van der Waals surface area (Å²) in [6.45, 7) is 8.93. The zero-order valence-corrected chi connectivity index (χ0v) is 11.6. The number of aliphatic hydroxyl groups excluding tert-OH is 1. The summed E-state index contributed by atoms with van der Waals surface area (Å²) in [6, 6.07) is 0.